The molecule has 1 aromatic rings. The summed E-state index contributed by atoms with van der Waals surface area (Å²) in [6.07, 6.45) is 1.94. The average molecular weight is 184 g/mol. The third-order valence-corrected chi connectivity index (χ3v) is 3.45. The first-order valence-corrected chi connectivity index (χ1v) is 5.43. The maximum Gasteiger partial charge on any atom is 0.0403 e. The molecule has 0 spiro atoms. The van der Waals surface area contributed by atoms with Crippen molar-refractivity contribution in [3.63, 3.8) is 0 Å². The average Bonchev–Trinajstić information content (AvgIpc) is 2.32. The summed E-state index contributed by atoms with van der Waals surface area (Å²) in [7, 11) is 0. The van der Waals surface area contributed by atoms with Crippen molar-refractivity contribution in [1.82, 2.24) is 0 Å². The summed E-state index contributed by atoms with van der Waals surface area (Å²) >= 11 is 3.70. The third-order valence-electron chi connectivity index (χ3n) is 1.33. The highest BCUT2D eigenvalue weighted by Crippen LogP contribution is 2.30. The van der Waals surface area contributed by atoms with Crippen LogP contribution in [0.3, 0.4) is 0 Å². The third kappa shape index (κ3) is 2.11. The van der Waals surface area contributed by atoms with Gasteiger partial charge in [-0.05, 0) is 18.7 Å². The molecule has 11 heavy (non-hydrogen) atoms. The van der Waals surface area contributed by atoms with Gasteiger partial charge in [0.25, 0.3) is 0 Å². The summed E-state index contributed by atoms with van der Waals surface area (Å²) < 4.78 is 0. The Morgan fingerprint density at radius 2 is 2.45 bits per heavy atom. The second kappa shape index (κ2) is 3.98. The van der Waals surface area contributed by atoms with Crippen molar-refractivity contribution in [3.8, 4) is 0 Å². The predicted octanol–water partition coefficient (Wildman–Crippen LogP) is 3.81. The quantitative estimate of drug-likeness (QED) is 0.644. The Kier molecular flexibility index (Phi) is 3.21. The molecule has 0 radical (unpaired) electrons. The fraction of sp³-hybridized carbons (Fsp3) is 0.333. The highest BCUT2D eigenvalue weighted by Gasteiger charge is 2.02. The summed E-state index contributed by atoms with van der Waals surface area (Å²) in [6, 6.07) is 2.23. The van der Waals surface area contributed by atoms with Gasteiger partial charge < -0.3 is 0 Å². The van der Waals surface area contributed by atoms with Crippen LogP contribution in [0.4, 0.5) is 0 Å². The van der Waals surface area contributed by atoms with E-state index in [0.29, 0.717) is 0 Å². The van der Waals surface area contributed by atoms with Gasteiger partial charge in [-0.25, -0.2) is 0 Å². The normalized spacial score (nSPS) is 10.0. The predicted molar refractivity (Wildman–Crippen MR) is 55.5 cm³/mol. The summed E-state index contributed by atoms with van der Waals surface area (Å²) in [4.78, 5) is 4.07. The highest BCUT2D eigenvalue weighted by atomic mass is 32.2. The van der Waals surface area contributed by atoms with E-state index in [1.54, 1.807) is 0 Å². The van der Waals surface area contributed by atoms with Crippen molar-refractivity contribution in [3.05, 3.63) is 22.4 Å². The van der Waals surface area contributed by atoms with Crippen molar-refractivity contribution in [2.24, 2.45) is 0 Å². The first-order valence-electron chi connectivity index (χ1n) is 3.63. The van der Waals surface area contributed by atoms with Gasteiger partial charge in [-0.15, -0.1) is 23.1 Å². The number of thiophene rings is 1. The van der Waals surface area contributed by atoms with Crippen LogP contribution in [0.1, 0.15) is 16.7 Å². The Hall–Kier alpha value is -0.210. The summed E-state index contributed by atoms with van der Waals surface area (Å²) in [5.41, 5.74) is 0. The molecule has 0 bridgehead atoms. The first kappa shape index (κ1) is 8.88. The van der Waals surface area contributed by atoms with E-state index in [4.69, 9.17) is 0 Å². The van der Waals surface area contributed by atoms with Gasteiger partial charge in [-0.2, -0.15) is 0 Å². The summed E-state index contributed by atoms with van der Waals surface area (Å²) in [6.45, 7) is 8.09. The molecule has 0 aliphatic heterocycles. The molecule has 0 N–H and O–H groups in total. The van der Waals surface area contributed by atoms with Gasteiger partial charge in [-0.3, -0.25) is 0 Å². The Morgan fingerprint density at radius 3 is 3.00 bits per heavy atom. The van der Waals surface area contributed by atoms with E-state index >= 15 is 0 Å². The van der Waals surface area contributed by atoms with Gasteiger partial charge in [0.05, 0.1) is 0 Å². The van der Waals surface area contributed by atoms with Crippen LogP contribution >= 0.6 is 23.1 Å². The van der Waals surface area contributed by atoms with E-state index < -0.39 is 0 Å². The van der Waals surface area contributed by atoms with Crippen LogP contribution in [0.15, 0.2) is 17.5 Å². The fourth-order valence-electron chi connectivity index (χ4n) is 0.919. The molecule has 1 rings (SSSR count). The van der Waals surface area contributed by atoms with Crippen LogP contribution in [-0.2, 0) is 0 Å². The minimum absolute atomic E-state index is 1.14. The number of aryl methyl sites for hydroxylation is 1. The summed E-state index contributed by atoms with van der Waals surface area (Å²) in [5.74, 6) is 1.14. The van der Waals surface area contributed by atoms with Crippen LogP contribution in [0.25, 0.3) is 6.08 Å². The van der Waals surface area contributed by atoms with Crippen molar-refractivity contribution in [1.29, 1.82) is 0 Å². The highest BCUT2D eigenvalue weighted by molar-refractivity contribution is 7.99. The second-order valence-electron chi connectivity index (χ2n) is 2.22. The smallest absolute Gasteiger partial charge is 0.0403 e. The standard InChI is InChI=1S/C9H12S2/c1-4-8-9(10-5-2)6-7(3)11-8/h4,6H,1,5H2,2-3H3. The molecule has 0 nitrogen and oxygen atoms in total. The van der Waals surface area contributed by atoms with Crippen molar-refractivity contribution < 1.29 is 0 Å². The summed E-state index contributed by atoms with van der Waals surface area (Å²) in [5, 5.41) is 0. The van der Waals surface area contributed by atoms with Gasteiger partial charge >= 0.3 is 0 Å². The van der Waals surface area contributed by atoms with Crippen molar-refractivity contribution in [2.75, 3.05) is 5.75 Å². The van der Waals surface area contributed by atoms with E-state index in [1.807, 2.05) is 29.2 Å². The first-order chi connectivity index (χ1) is 5.27. The maximum atomic E-state index is 3.78. The minimum atomic E-state index is 1.14. The largest absolute Gasteiger partial charge is 0.140 e. The van der Waals surface area contributed by atoms with Gasteiger partial charge in [0, 0.05) is 14.6 Å². The zero-order valence-electron chi connectivity index (χ0n) is 6.89. The van der Waals surface area contributed by atoms with Crippen molar-refractivity contribution in [2.45, 2.75) is 18.7 Å². The minimum Gasteiger partial charge on any atom is -0.140 e. The van der Waals surface area contributed by atoms with Crippen LogP contribution in [0.2, 0.25) is 0 Å². The lowest BCUT2D eigenvalue weighted by atomic mass is 10.4. The maximum absolute atomic E-state index is 3.78. The molecule has 0 aromatic carbocycles. The lowest BCUT2D eigenvalue weighted by Gasteiger charge is -1.93. The molecule has 0 aliphatic rings. The van der Waals surface area contributed by atoms with Crippen LogP contribution < -0.4 is 0 Å². The molecule has 1 heterocycles. The van der Waals surface area contributed by atoms with Crippen LogP contribution in [0.5, 0.6) is 0 Å². The molecule has 1 aromatic heterocycles. The molecule has 0 fully saturated rings. The van der Waals surface area contributed by atoms with Crippen LogP contribution in [0, 0.1) is 6.92 Å². The molecular formula is C9H12S2. The molecule has 0 saturated carbocycles. The second-order valence-corrected chi connectivity index (χ2v) is 4.82. The monoisotopic (exact) mass is 184 g/mol. The van der Waals surface area contributed by atoms with Crippen molar-refractivity contribution >= 4 is 29.2 Å². The van der Waals surface area contributed by atoms with Gasteiger partial charge in [0.1, 0.15) is 0 Å². The number of rotatable bonds is 3. The van der Waals surface area contributed by atoms with Gasteiger partial charge in [0.15, 0.2) is 0 Å². The zero-order chi connectivity index (χ0) is 8.27. The number of hydrogen-bond acceptors (Lipinski definition) is 2. The van der Waals surface area contributed by atoms with Gasteiger partial charge in [-0.1, -0.05) is 19.6 Å². The Labute approximate surface area is 76.3 Å². The zero-order valence-corrected chi connectivity index (χ0v) is 8.52. The molecule has 0 unspecified atom stereocenters. The van der Waals surface area contributed by atoms with Gasteiger partial charge in [0.2, 0.25) is 0 Å². The Balaban J connectivity index is 2.92. The lowest BCUT2D eigenvalue weighted by Crippen LogP contribution is -1.69. The Bertz CT molecular complexity index is 248. The molecule has 0 saturated heterocycles. The van der Waals surface area contributed by atoms with E-state index in [9.17, 15) is 0 Å². The lowest BCUT2D eigenvalue weighted by molar-refractivity contribution is 1.45. The van der Waals surface area contributed by atoms with E-state index in [0.717, 1.165) is 5.75 Å². The molecule has 0 aliphatic carbocycles. The number of hydrogen-bond donors (Lipinski definition) is 0. The Morgan fingerprint density at radius 1 is 1.73 bits per heavy atom. The molecule has 0 atom stereocenters. The molecular weight excluding hydrogens is 172 g/mol. The molecule has 2 heteroatoms. The van der Waals surface area contributed by atoms with Crippen LogP contribution in [-0.4, -0.2) is 5.75 Å². The van der Waals surface area contributed by atoms with E-state index in [2.05, 4.69) is 26.5 Å². The topological polar surface area (TPSA) is 0 Å². The SMILES string of the molecule is C=Cc1sc(C)cc1SCC. The van der Waals surface area contributed by atoms with E-state index in [1.165, 1.54) is 14.6 Å². The molecule has 0 amide bonds. The number of thioether (sulfide) groups is 1. The molecule has 60 valence electrons. The van der Waals surface area contributed by atoms with E-state index in [-0.39, 0.29) is 0 Å². The fourth-order valence-corrected chi connectivity index (χ4v) is 2.86.